The average Bonchev–Trinajstić information content (AvgIpc) is 2.94. The minimum absolute atomic E-state index is 0.398. The Hall–Kier alpha value is -1.54. The van der Waals surface area contributed by atoms with Crippen LogP contribution in [0.4, 0.5) is 5.82 Å². The number of rotatable bonds is 6. The third-order valence-corrected chi connectivity index (χ3v) is 3.22. The zero-order valence-corrected chi connectivity index (χ0v) is 12.4. The molecular weight excluding hydrogens is 312 g/mol. The van der Waals surface area contributed by atoms with E-state index in [0.29, 0.717) is 18.1 Å². The molecule has 0 unspecified atom stereocenters. The molecule has 0 saturated carbocycles. The van der Waals surface area contributed by atoms with E-state index in [0.717, 1.165) is 29.0 Å². The van der Waals surface area contributed by atoms with E-state index in [4.69, 9.17) is 4.74 Å². The second kappa shape index (κ2) is 6.58. The molecule has 0 bridgehead atoms. The van der Waals surface area contributed by atoms with Gasteiger partial charge in [-0.25, -0.2) is 9.97 Å². The second-order valence-electron chi connectivity index (χ2n) is 3.87. The fourth-order valence-electron chi connectivity index (χ4n) is 1.51. The summed E-state index contributed by atoms with van der Waals surface area (Å²) in [7, 11) is 1.63. The van der Waals surface area contributed by atoms with Gasteiger partial charge < -0.3 is 10.1 Å². The standard InChI is InChI=1S/C11H15BrN6O/c1-3-4-13-11-9(12)8(6-19-2)15-10(16-11)7-5-14-18-17-7/h5H,3-4,6H2,1-2H3,(H,13,15,16)(H,14,17,18). The second-order valence-corrected chi connectivity index (χ2v) is 4.66. The summed E-state index contributed by atoms with van der Waals surface area (Å²) in [4.78, 5) is 8.88. The van der Waals surface area contributed by atoms with Gasteiger partial charge >= 0.3 is 0 Å². The molecule has 102 valence electrons. The number of ether oxygens (including phenoxy) is 1. The Labute approximate surface area is 119 Å². The molecule has 2 heterocycles. The number of H-pyrrole nitrogens is 1. The molecule has 0 aliphatic carbocycles. The van der Waals surface area contributed by atoms with Crippen molar-refractivity contribution in [2.24, 2.45) is 0 Å². The first kappa shape index (κ1) is 13.9. The topological polar surface area (TPSA) is 88.6 Å². The number of anilines is 1. The zero-order valence-electron chi connectivity index (χ0n) is 10.8. The maximum Gasteiger partial charge on any atom is 0.184 e. The molecule has 2 N–H and O–H groups in total. The summed E-state index contributed by atoms with van der Waals surface area (Å²) in [6.45, 7) is 3.33. The van der Waals surface area contributed by atoms with E-state index in [2.05, 4.69) is 53.5 Å². The summed E-state index contributed by atoms with van der Waals surface area (Å²) in [5.41, 5.74) is 1.37. The highest BCUT2D eigenvalue weighted by atomic mass is 79.9. The van der Waals surface area contributed by atoms with Gasteiger partial charge in [-0.1, -0.05) is 6.92 Å². The smallest absolute Gasteiger partial charge is 0.184 e. The van der Waals surface area contributed by atoms with E-state index in [-0.39, 0.29) is 0 Å². The lowest BCUT2D eigenvalue weighted by molar-refractivity contribution is 0.181. The monoisotopic (exact) mass is 326 g/mol. The molecule has 0 spiro atoms. The minimum atomic E-state index is 0.398. The van der Waals surface area contributed by atoms with Gasteiger partial charge in [0.15, 0.2) is 5.82 Å². The van der Waals surface area contributed by atoms with E-state index >= 15 is 0 Å². The van der Waals surface area contributed by atoms with Crippen molar-refractivity contribution in [3.05, 3.63) is 16.4 Å². The van der Waals surface area contributed by atoms with E-state index in [1.165, 1.54) is 0 Å². The number of methoxy groups -OCH3 is 1. The maximum atomic E-state index is 5.15. The van der Waals surface area contributed by atoms with Gasteiger partial charge in [0.05, 0.1) is 23.0 Å². The van der Waals surface area contributed by atoms with Crippen molar-refractivity contribution in [1.29, 1.82) is 0 Å². The molecule has 2 aromatic rings. The predicted octanol–water partition coefficient (Wildman–Crippen LogP) is 1.99. The van der Waals surface area contributed by atoms with Gasteiger partial charge in [0, 0.05) is 13.7 Å². The Morgan fingerprint density at radius 3 is 2.89 bits per heavy atom. The van der Waals surface area contributed by atoms with Crippen molar-refractivity contribution in [3.8, 4) is 11.5 Å². The zero-order chi connectivity index (χ0) is 13.7. The fraction of sp³-hybridized carbons (Fsp3) is 0.455. The lowest BCUT2D eigenvalue weighted by Gasteiger charge is -2.11. The number of halogens is 1. The van der Waals surface area contributed by atoms with Crippen LogP contribution in [0.2, 0.25) is 0 Å². The molecule has 0 atom stereocenters. The number of hydrogen-bond acceptors (Lipinski definition) is 6. The summed E-state index contributed by atoms with van der Waals surface area (Å²) in [6, 6.07) is 0. The van der Waals surface area contributed by atoms with Gasteiger partial charge in [0.2, 0.25) is 0 Å². The first-order valence-electron chi connectivity index (χ1n) is 5.91. The van der Waals surface area contributed by atoms with Crippen molar-refractivity contribution >= 4 is 21.7 Å². The van der Waals surface area contributed by atoms with Crippen LogP contribution >= 0.6 is 15.9 Å². The number of aromatic amines is 1. The molecule has 0 fully saturated rings. The molecule has 2 rings (SSSR count). The van der Waals surface area contributed by atoms with Crippen LogP contribution in [0.5, 0.6) is 0 Å². The average molecular weight is 327 g/mol. The summed E-state index contributed by atoms with van der Waals surface area (Å²) >= 11 is 3.50. The van der Waals surface area contributed by atoms with Crippen LogP contribution in [0.15, 0.2) is 10.7 Å². The molecular formula is C11H15BrN6O. The van der Waals surface area contributed by atoms with E-state index in [1.807, 2.05) is 0 Å². The van der Waals surface area contributed by atoms with Gasteiger partial charge in [-0.2, -0.15) is 15.4 Å². The van der Waals surface area contributed by atoms with Crippen LogP contribution in [-0.4, -0.2) is 39.0 Å². The molecule has 19 heavy (non-hydrogen) atoms. The fourth-order valence-corrected chi connectivity index (χ4v) is 1.94. The van der Waals surface area contributed by atoms with Crippen LogP contribution < -0.4 is 5.32 Å². The summed E-state index contributed by atoms with van der Waals surface area (Å²) < 4.78 is 5.96. The van der Waals surface area contributed by atoms with Gasteiger partial charge in [-0.05, 0) is 22.4 Å². The Bertz CT molecular complexity index is 530. The summed E-state index contributed by atoms with van der Waals surface area (Å²) in [5, 5.41) is 13.6. The lowest BCUT2D eigenvalue weighted by Crippen LogP contribution is -2.08. The maximum absolute atomic E-state index is 5.15. The van der Waals surface area contributed by atoms with Crippen LogP contribution in [0, 0.1) is 0 Å². The quantitative estimate of drug-likeness (QED) is 0.843. The normalized spacial score (nSPS) is 10.7. The van der Waals surface area contributed by atoms with Crippen molar-refractivity contribution in [3.63, 3.8) is 0 Å². The van der Waals surface area contributed by atoms with Crippen LogP contribution in [-0.2, 0) is 11.3 Å². The highest BCUT2D eigenvalue weighted by Crippen LogP contribution is 2.26. The molecule has 7 nitrogen and oxygen atoms in total. The van der Waals surface area contributed by atoms with Gasteiger partial charge in [-0.3, -0.25) is 0 Å². The minimum Gasteiger partial charge on any atom is -0.378 e. The molecule has 2 aromatic heterocycles. The highest BCUT2D eigenvalue weighted by molar-refractivity contribution is 9.10. The molecule has 0 aliphatic rings. The molecule has 0 amide bonds. The molecule has 8 heteroatoms. The Morgan fingerprint density at radius 2 is 2.26 bits per heavy atom. The van der Waals surface area contributed by atoms with Crippen molar-refractivity contribution < 1.29 is 4.74 Å². The Morgan fingerprint density at radius 1 is 1.42 bits per heavy atom. The molecule has 0 saturated heterocycles. The SMILES string of the molecule is CCCNc1nc(-c2cn[nH]n2)nc(COC)c1Br. The number of nitrogens with zero attached hydrogens (tertiary/aromatic N) is 4. The molecule has 0 radical (unpaired) electrons. The third-order valence-electron chi connectivity index (χ3n) is 2.39. The first-order chi connectivity index (χ1) is 9.26. The molecule has 0 aromatic carbocycles. The van der Waals surface area contributed by atoms with E-state index in [9.17, 15) is 0 Å². The van der Waals surface area contributed by atoms with Crippen LogP contribution in [0.3, 0.4) is 0 Å². The lowest BCUT2D eigenvalue weighted by atomic mass is 10.3. The van der Waals surface area contributed by atoms with Crippen molar-refractivity contribution in [1.82, 2.24) is 25.4 Å². The van der Waals surface area contributed by atoms with Gasteiger partial charge in [-0.15, -0.1) is 0 Å². The summed E-state index contributed by atoms with van der Waals surface area (Å²) in [6.07, 6.45) is 2.60. The predicted molar refractivity (Wildman–Crippen MR) is 74.6 cm³/mol. The van der Waals surface area contributed by atoms with Crippen LogP contribution in [0.1, 0.15) is 19.0 Å². The number of hydrogen-bond donors (Lipinski definition) is 2. The van der Waals surface area contributed by atoms with E-state index in [1.54, 1.807) is 13.3 Å². The van der Waals surface area contributed by atoms with Gasteiger partial charge in [0.25, 0.3) is 0 Å². The Balaban J connectivity index is 2.41. The largest absolute Gasteiger partial charge is 0.378 e. The van der Waals surface area contributed by atoms with Gasteiger partial charge in [0.1, 0.15) is 11.5 Å². The van der Waals surface area contributed by atoms with Crippen molar-refractivity contribution in [2.45, 2.75) is 20.0 Å². The molecule has 0 aliphatic heterocycles. The highest BCUT2D eigenvalue weighted by Gasteiger charge is 2.14. The van der Waals surface area contributed by atoms with E-state index < -0.39 is 0 Å². The first-order valence-corrected chi connectivity index (χ1v) is 6.71. The Kier molecular flexibility index (Phi) is 4.80. The van der Waals surface area contributed by atoms with Crippen molar-refractivity contribution in [2.75, 3.05) is 19.0 Å². The third kappa shape index (κ3) is 3.27. The number of aromatic nitrogens is 5. The number of nitrogens with one attached hydrogen (secondary N) is 2. The summed E-state index contributed by atoms with van der Waals surface area (Å²) in [5.74, 6) is 1.25. The van der Waals surface area contributed by atoms with Crippen LogP contribution in [0.25, 0.3) is 11.5 Å².